The summed E-state index contributed by atoms with van der Waals surface area (Å²) in [5.41, 5.74) is -0.264. The smallest absolute Gasteiger partial charge is 0.514 e. The van der Waals surface area contributed by atoms with Gasteiger partial charge in [-0.1, -0.05) is 42.5 Å². The molecule has 0 saturated carbocycles. The van der Waals surface area contributed by atoms with Gasteiger partial charge in [-0.05, 0) is 88.1 Å². The lowest BCUT2D eigenvalue weighted by molar-refractivity contribution is 0.0193. The van der Waals surface area contributed by atoms with Gasteiger partial charge in [0.05, 0.1) is 4.90 Å². The van der Waals surface area contributed by atoms with E-state index >= 15 is 0 Å². The number of benzene rings is 3. The number of rotatable bonds is 5. The van der Waals surface area contributed by atoms with Gasteiger partial charge >= 0.3 is 12.3 Å². The van der Waals surface area contributed by atoms with E-state index in [0.717, 1.165) is 0 Å². The van der Waals surface area contributed by atoms with Gasteiger partial charge in [0, 0.05) is 0 Å². The summed E-state index contributed by atoms with van der Waals surface area (Å²) in [7, 11) is -4.92. The monoisotopic (exact) mass is 541 g/mol. The van der Waals surface area contributed by atoms with Gasteiger partial charge in [0.15, 0.2) is 0 Å². The highest BCUT2D eigenvalue weighted by atomic mass is 32.2. The molecular formula is C28H29O9S-. The summed E-state index contributed by atoms with van der Waals surface area (Å²) in [6, 6.07) is 16.6. The first-order valence-corrected chi connectivity index (χ1v) is 13.0. The topological polar surface area (TPSA) is 128 Å². The van der Waals surface area contributed by atoms with E-state index in [1.54, 1.807) is 47.6 Å². The fourth-order valence-corrected chi connectivity index (χ4v) is 4.31. The second-order valence-corrected chi connectivity index (χ2v) is 11.6. The Morgan fingerprint density at radius 3 is 1.26 bits per heavy atom. The molecule has 10 heteroatoms. The third-order valence-electron chi connectivity index (χ3n) is 4.78. The zero-order valence-corrected chi connectivity index (χ0v) is 22.7. The van der Waals surface area contributed by atoms with E-state index in [1.807, 2.05) is 0 Å². The first-order chi connectivity index (χ1) is 17.5. The van der Waals surface area contributed by atoms with Gasteiger partial charge in [-0.25, -0.2) is 18.0 Å². The van der Waals surface area contributed by atoms with E-state index in [0.29, 0.717) is 11.1 Å². The maximum Gasteiger partial charge on any atom is 0.514 e. The summed E-state index contributed by atoms with van der Waals surface area (Å²) in [6.07, 6.45) is -1.76. The number of hydrogen-bond acceptors (Lipinski definition) is 9. The van der Waals surface area contributed by atoms with Gasteiger partial charge in [-0.2, -0.15) is 0 Å². The first-order valence-electron chi connectivity index (χ1n) is 11.6. The molecule has 3 rings (SSSR count). The van der Waals surface area contributed by atoms with E-state index in [4.69, 9.17) is 18.9 Å². The molecule has 3 aromatic rings. The molecule has 9 nitrogen and oxygen atoms in total. The Balaban J connectivity index is 1.91. The highest BCUT2D eigenvalue weighted by Crippen LogP contribution is 2.37. The van der Waals surface area contributed by atoms with Gasteiger partial charge in [0.25, 0.3) is 0 Å². The normalized spacial score (nSPS) is 12.0. The predicted molar refractivity (Wildman–Crippen MR) is 139 cm³/mol. The molecule has 202 valence electrons. The maximum absolute atomic E-state index is 12.4. The molecule has 0 aromatic heterocycles. The van der Waals surface area contributed by atoms with Gasteiger partial charge < -0.3 is 23.5 Å². The minimum absolute atomic E-state index is 0.176. The Kier molecular flexibility index (Phi) is 8.18. The van der Waals surface area contributed by atoms with Gasteiger partial charge in [0.2, 0.25) is 0 Å². The number of carbonyl (C=O) groups excluding carboxylic acids is 2. The third-order valence-corrected chi connectivity index (χ3v) is 5.72. The highest BCUT2D eigenvalue weighted by Gasteiger charge is 2.21. The van der Waals surface area contributed by atoms with Crippen LogP contribution in [-0.2, 0) is 19.6 Å². The highest BCUT2D eigenvalue weighted by molar-refractivity contribution is 7.86. The van der Waals surface area contributed by atoms with Crippen LogP contribution in [0.1, 0.15) is 41.5 Å². The molecule has 0 unspecified atom stereocenters. The zero-order chi connectivity index (χ0) is 28.3. The second-order valence-electron chi connectivity index (χ2n) is 10.3. The Morgan fingerprint density at radius 2 is 0.974 bits per heavy atom. The molecule has 0 bridgehead atoms. The van der Waals surface area contributed by atoms with Gasteiger partial charge in [-0.3, -0.25) is 0 Å². The first kappa shape index (κ1) is 28.7. The number of ether oxygens (including phenoxy) is 4. The molecule has 0 saturated heterocycles. The molecule has 3 aromatic carbocycles. The van der Waals surface area contributed by atoms with Crippen molar-refractivity contribution < 1.29 is 41.5 Å². The summed E-state index contributed by atoms with van der Waals surface area (Å²) in [5.74, 6) is 0.373. The van der Waals surface area contributed by atoms with Crippen LogP contribution in [0, 0.1) is 0 Å². The van der Waals surface area contributed by atoms with Gasteiger partial charge in [0.1, 0.15) is 32.8 Å². The SMILES string of the molecule is CC(C)(C)OC(=O)Oc1ccc(-c2cccc(-c3ccc(OC(=O)OC(C)(C)C)cc3)c2S(=O)(=O)[O-])cc1. The van der Waals surface area contributed by atoms with E-state index in [9.17, 15) is 22.6 Å². The minimum Gasteiger partial charge on any atom is -0.744 e. The molecule has 0 aliphatic heterocycles. The molecular weight excluding hydrogens is 512 g/mol. The summed E-state index contributed by atoms with van der Waals surface area (Å²) < 4.78 is 57.7. The summed E-state index contributed by atoms with van der Waals surface area (Å²) in [6.45, 7) is 10.2. The van der Waals surface area contributed by atoms with Crippen molar-refractivity contribution in [1.29, 1.82) is 0 Å². The van der Waals surface area contributed by atoms with Crippen molar-refractivity contribution in [1.82, 2.24) is 0 Å². The van der Waals surface area contributed by atoms with Crippen LogP contribution in [0.25, 0.3) is 22.3 Å². The molecule has 0 spiro atoms. The van der Waals surface area contributed by atoms with E-state index < -0.39 is 38.5 Å². The lowest BCUT2D eigenvalue weighted by Crippen LogP contribution is -2.25. The molecule has 38 heavy (non-hydrogen) atoms. The van der Waals surface area contributed by atoms with Crippen LogP contribution in [0.5, 0.6) is 11.5 Å². The lowest BCUT2D eigenvalue weighted by Gasteiger charge is -2.20. The van der Waals surface area contributed by atoms with Gasteiger partial charge in [-0.15, -0.1) is 0 Å². The van der Waals surface area contributed by atoms with Crippen LogP contribution in [-0.4, -0.2) is 36.5 Å². The van der Waals surface area contributed by atoms with Crippen molar-refractivity contribution in [2.45, 2.75) is 57.6 Å². The molecule has 0 amide bonds. The fraction of sp³-hybridized carbons (Fsp3) is 0.286. The third kappa shape index (κ3) is 8.06. The summed E-state index contributed by atoms with van der Waals surface area (Å²) >= 11 is 0. The molecule has 0 radical (unpaired) electrons. The van der Waals surface area contributed by atoms with E-state index in [-0.39, 0.29) is 22.6 Å². The van der Waals surface area contributed by atoms with E-state index in [2.05, 4.69) is 0 Å². The molecule has 0 aliphatic carbocycles. The van der Waals surface area contributed by atoms with Crippen LogP contribution in [0.15, 0.2) is 71.6 Å². The summed E-state index contributed by atoms with van der Waals surface area (Å²) in [4.78, 5) is 23.4. The summed E-state index contributed by atoms with van der Waals surface area (Å²) in [5, 5.41) is 0. The van der Waals surface area contributed by atoms with Crippen molar-refractivity contribution >= 4 is 22.4 Å². The average molecular weight is 542 g/mol. The van der Waals surface area contributed by atoms with Crippen molar-refractivity contribution in [3.8, 4) is 33.8 Å². The molecule has 0 atom stereocenters. The van der Waals surface area contributed by atoms with Crippen molar-refractivity contribution in [3.05, 3.63) is 66.7 Å². The van der Waals surface area contributed by atoms with Crippen LogP contribution >= 0.6 is 0 Å². The standard InChI is InChI=1S/C28H30O9S/c1-27(2,3)36-25(29)34-20-14-10-18(11-15-20)22-8-7-9-23(24(22)38(31,32)33)19-12-16-21(17-13-19)35-26(30)37-28(4,5)6/h7-17H,1-6H3,(H,31,32,33)/p-1. The van der Waals surface area contributed by atoms with Crippen molar-refractivity contribution in [2.75, 3.05) is 0 Å². The second kappa shape index (κ2) is 10.8. The minimum atomic E-state index is -4.92. The Hall–Kier alpha value is -3.89. The van der Waals surface area contributed by atoms with E-state index in [1.165, 1.54) is 60.7 Å². The average Bonchev–Trinajstić information content (AvgIpc) is 2.76. The molecule has 0 heterocycles. The van der Waals surface area contributed by atoms with Crippen LogP contribution in [0.3, 0.4) is 0 Å². The van der Waals surface area contributed by atoms with Crippen molar-refractivity contribution in [2.24, 2.45) is 0 Å². The molecule has 0 N–H and O–H groups in total. The van der Waals surface area contributed by atoms with Crippen LogP contribution < -0.4 is 9.47 Å². The van der Waals surface area contributed by atoms with Crippen molar-refractivity contribution in [3.63, 3.8) is 0 Å². The predicted octanol–water partition coefficient (Wildman–Crippen LogP) is 6.55. The Labute approximate surface area is 222 Å². The zero-order valence-electron chi connectivity index (χ0n) is 21.9. The number of hydrogen-bond donors (Lipinski definition) is 0. The largest absolute Gasteiger partial charge is 0.744 e. The molecule has 0 aliphatic rings. The Bertz CT molecular complexity index is 1320. The quantitative estimate of drug-likeness (QED) is 0.200. The Morgan fingerprint density at radius 1 is 0.632 bits per heavy atom. The van der Waals surface area contributed by atoms with Crippen LogP contribution in [0.4, 0.5) is 9.59 Å². The maximum atomic E-state index is 12.4. The lowest BCUT2D eigenvalue weighted by atomic mass is 9.98. The number of carbonyl (C=O) groups is 2. The fourth-order valence-electron chi connectivity index (χ4n) is 3.40. The molecule has 0 fully saturated rings. The van der Waals surface area contributed by atoms with Crippen LogP contribution in [0.2, 0.25) is 0 Å².